The number of sulfonamides is 1. The molecule has 1 heterocycles. The van der Waals surface area contributed by atoms with E-state index in [2.05, 4.69) is 25.6 Å². The number of aliphatic hydroxyl groups is 1. The van der Waals surface area contributed by atoms with Crippen LogP contribution < -0.4 is 4.72 Å². The van der Waals surface area contributed by atoms with E-state index in [9.17, 15) is 8.42 Å². The number of likely N-dealkylation sites (tertiary alicyclic amines) is 1. The Kier molecular flexibility index (Phi) is 5.57. The lowest BCUT2D eigenvalue weighted by Gasteiger charge is -2.15. The van der Waals surface area contributed by atoms with Crippen molar-refractivity contribution in [3.63, 3.8) is 0 Å². The number of benzene rings is 1. The summed E-state index contributed by atoms with van der Waals surface area (Å²) in [6.45, 7) is 3.15. The first-order valence-corrected chi connectivity index (χ1v) is 8.92. The molecule has 1 aliphatic heterocycles. The fraction of sp³-hybridized carbons (Fsp3) is 0.538. The third-order valence-corrected chi connectivity index (χ3v) is 5.82. The first-order valence-electron chi connectivity index (χ1n) is 6.64. The van der Waals surface area contributed by atoms with Gasteiger partial charge in [-0.15, -0.1) is 0 Å². The zero-order valence-corrected chi connectivity index (χ0v) is 13.6. The van der Waals surface area contributed by atoms with Gasteiger partial charge in [-0.25, -0.2) is 13.1 Å². The maximum absolute atomic E-state index is 12.2. The van der Waals surface area contributed by atoms with Gasteiger partial charge < -0.3 is 10.0 Å². The van der Waals surface area contributed by atoms with Crippen LogP contribution in [0.2, 0.25) is 0 Å². The molecule has 0 atom stereocenters. The van der Waals surface area contributed by atoms with Crippen LogP contribution in [0.4, 0.5) is 0 Å². The third kappa shape index (κ3) is 4.02. The van der Waals surface area contributed by atoms with Gasteiger partial charge in [0.15, 0.2) is 0 Å². The summed E-state index contributed by atoms with van der Waals surface area (Å²) in [6, 6.07) is 4.74. The minimum atomic E-state index is -3.51. The van der Waals surface area contributed by atoms with Crippen molar-refractivity contribution in [2.75, 3.05) is 26.2 Å². The van der Waals surface area contributed by atoms with E-state index >= 15 is 0 Å². The number of rotatable bonds is 6. The van der Waals surface area contributed by atoms with Gasteiger partial charge in [0.05, 0.1) is 11.5 Å². The highest BCUT2D eigenvalue weighted by molar-refractivity contribution is 9.10. The van der Waals surface area contributed by atoms with Gasteiger partial charge in [0.2, 0.25) is 10.0 Å². The molecule has 5 nitrogen and oxygen atoms in total. The molecule has 1 aromatic rings. The second kappa shape index (κ2) is 7.00. The van der Waals surface area contributed by atoms with Crippen LogP contribution in [0.15, 0.2) is 27.6 Å². The average Bonchev–Trinajstić information content (AvgIpc) is 2.91. The number of aliphatic hydroxyl groups excluding tert-OH is 1. The Hall–Kier alpha value is -0.470. The molecule has 1 aliphatic rings. The van der Waals surface area contributed by atoms with Gasteiger partial charge in [0.25, 0.3) is 0 Å². The Morgan fingerprint density at radius 1 is 1.30 bits per heavy atom. The zero-order valence-electron chi connectivity index (χ0n) is 11.2. The van der Waals surface area contributed by atoms with Crippen LogP contribution >= 0.6 is 15.9 Å². The molecule has 0 aliphatic carbocycles. The average molecular weight is 363 g/mol. The van der Waals surface area contributed by atoms with Crippen molar-refractivity contribution in [1.82, 2.24) is 9.62 Å². The highest BCUT2D eigenvalue weighted by Crippen LogP contribution is 2.23. The summed E-state index contributed by atoms with van der Waals surface area (Å²) in [5, 5.41) is 9.03. The van der Waals surface area contributed by atoms with Crippen LogP contribution in [0.1, 0.15) is 18.4 Å². The zero-order chi connectivity index (χ0) is 14.6. The summed E-state index contributed by atoms with van der Waals surface area (Å²) in [5.74, 6) is 0. The van der Waals surface area contributed by atoms with Crippen molar-refractivity contribution in [3.05, 3.63) is 28.2 Å². The maximum atomic E-state index is 12.2. The van der Waals surface area contributed by atoms with E-state index in [-0.39, 0.29) is 11.5 Å². The summed E-state index contributed by atoms with van der Waals surface area (Å²) < 4.78 is 27.5. The van der Waals surface area contributed by atoms with Gasteiger partial charge in [-0.05, 0) is 59.6 Å². The molecule has 112 valence electrons. The van der Waals surface area contributed by atoms with E-state index in [1.165, 1.54) is 18.9 Å². The SMILES string of the molecule is O=S(=O)(NCCN1CCCC1)c1ccc(CO)cc1Br. The van der Waals surface area contributed by atoms with E-state index in [1.54, 1.807) is 12.1 Å². The quantitative estimate of drug-likeness (QED) is 0.800. The summed E-state index contributed by atoms with van der Waals surface area (Å²) in [5.41, 5.74) is 0.674. The molecule has 2 N–H and O–H groups in total. The number of hydrogen-bond acceptors (Lipinski definition) is 4. The Morgan fingerprint density at radius 2 is 2.00 bits per heavy atom. The van der Waals surface area contributed by atoms with E-state index < -0.39 is 10.0 Å². The van der Waals surface area contributed by atoms with Crippen molar-refractivity contribution < 1.29 is 13.5 Å². The molecule has 0 bridgehead atoms. The summed E-state index contributed by atoms with van der Waals surface area (Å²) in [6.07, 6.45) is 2.39. The van der Waals surface area contributed by atoms with Crippen LogP contribution in [-0.4, -0.2) is 44.6 Å². The van der Waals surface area contributed by atoms with Crippen LogP contribution in [0.3, 0.4) is 0 Å². The Morgan fingerprint density at radius 3 is 2.60 bits per heavy atom. The normalized spacial score (nSPS) is 16.7. The van der Waals surface area contributed by atoms with E-state index in [4.69, 9.17) is 5.11 Å². The highest BCUT2D eigenvalue weighted by Gasteiger charge is 2.18. The molecule has 1 saturated heterocycles. The molecule has 0 spiro atoms. The van der Waals surface area contributed by atoms with Crippen molar-refractivity contribution in [1.29, 1.82) is 0 Å². The first kappa shape index (κ1) is 15.9. The van der Waals surface area contributed by atoms with Gasteiger partial charge in [-0.3, -0.25) is 0 Å². The third-order valence-electron chi connectivity index (χ3n) is 3.39. The van der Waals surface area contributed by atoms with E-state index in [1.807, 2.05) is 0 Å². The first-order chi connectivity index (χ1) is 9.53. The predicted octanol–water partition coefficient (Wildman–Crippen LogP) is 1.32. The molecule has 0 amide bonds. The van der Waals surface area contributed by atoms with Gasteiger partial charge in [-0.1, -0.05) is 6.07 Å². The van der Waals surface area contributed by atoms with Gasteiger partial charge in [0, 0.05) is 17.6 Å². The lowest BCUT2D eigenvalue weighted by Crippen LogP contribution is -2.33. The Labute approximate surface area is 128 Å². The second-order valence-electron chi connectivity index (χ2n) is 4.87. The number of hydrogen-bond donors (Lipinski definition) is 2. The predicted molar refractivity (Wildman–Crippen MR) is 80.9 cm³/mol. The van der Waals surface area contributed by atoms with Crippen LogP contribution in [-0.2, 0) is 16.6 Å². The van der Waals surface area contributed by atoms with Crippen molar-refractivity contribution in [2.45, 2.75) is 24.3 Å². The fourth-order valence-corrected chi connectivity index (χ4v) is 4.43. The van der Waals surface area contributed by atoms with Gasteiger partial charge in [0.1, 0.15) is 0 Å². The van der Waals surface area contributed by atoms with E-state index in [0.717, 1.165) is 19.6 Å². The molecule has 0 unspecified atom stereocenters. The Balaban J connectivity index is 1.98. The highest BCUT2D eigenvalue weighted by atomic mass is 79.9. The number of halogens is 1. The lowest BCUT2D eigenvalue weighted by molar-refractivity contribution is 0.281. The molecular formula is C13H19BrN2O3S. The minimum Gasteiger partial charge on any atom is -0.392 e. The minimum absolute atomic E-state index is 0.110. The van der Waals surface area contributed by atoms with Crippen LogP contribution in [0, 0.1) is 0 Å². The standard InChI is InChI=1S/C13H19BrN2O3S/c14-12-9-11(10-17)3-4-13(12)20(18,19)15-5-8-16-6-1-2-7-16/h3-4,9,15,17H,1-2,5-8,10H2. The maximum Gasteiger partial charge on any atom is 0.241 e. The fourth-order valence-electron chi connectivity index (χ4n) is 2.28. The topological polar surface area (TPSA) is 69.6 Å². The number of nitrogens with one attached hydrogen (secondary N) is 1. The van der Waals surface area contributed by atoms with Crippen molar-refractivity contribution in [3.8, 4) is 0 Å². The molecule has 0 radical (unpaired) electrons. The largest absolute Gasteiger partial charge is 0.392 e. The van der Waals surface area contributed by atoms with Crippen LogP contribution in [0.25, 0.3) is 0 Å². The molecule has 0 saturated carbocycles. The van der Waals surface area contributed by atoms with Crippen molar-refractivity contribution in [2.24, 2.45) is 0 Å². The summed E-state index contributed by atoms with van der Waals surface area (Å²) >= 11 is 3.24. The second-order valence-corrected chi connectivity index (χ2v) is 7.46. The molecule has 20 heavy (non-hydrogen) atoms. The van der Waals surface area contributed by atoms with Gasteiger partial charge in [-0.2, -0.15) is 0 Å². The monoisotopic (exact) mass is 362 g/mol. The smallest absolute Gasteiger partial charge is 0.241 e. The lowest BCUT2D eigenvalue weighted by atomic mass is 10.2. The van der Waals surface area contributed by atoms with Crippen LogP contribution in [0.5, 0.6) is 0 Å². The summed E-state index contributed by atoms with van der Waals surface area (Å²) in [4.78, 5) is 2.46. The molecule has 1 aromatic carbocycles. The molecule has 2 rings (SSSR count). The van der Waals surface area contributed by atoms with Gasteiger partial charge >= 0.3 is 0 Å². The Bertz CT molecular complexity index is 557. The molecule has 7 heteroatoms. The molecule has 1 fully saturated rings. The van der Waals surface area contributed by atoms with Crippen molar-refractivity contribution >= 4 is 26.0 Å². The van der Waals surface area contributed by atoms with E-state index in [0.29, 0.717) is 16.6 Å². The molecular weight excluding hydrogens is 344 g/mol. The summed E-state index contributed by atoms with van der Waals surface area (Å²) in [7, 11) is -3.51. The molecule has 0 aromatic heterocycles. The number of nitrogens with zero attached hydrogens (tertiary/aromatic N) is 1.